The van der Waals surface area contributed by atoms with Crippen LogP contribution in [0.1, 0.15) is 6.42 Å². The van der Waals surface area contributed by atoms with E-state index in [-0.39, 0.29) is 6.61 Å². The normalized spacial score (nSPS) is 23.9. The van der Waals surface area contributed by atoms with Crippen molar-refractivity contribution in [2.24, 2.45) is 0 Å². The third-order valence-corrected chi connectivity index (χ3v) is 2.15. The van der Waals surface area contributed by atoms with E-state index in [9.17, 15) is 13.6 Å². The molecule has 0 aromatic rings. The van der Waals surface area contributed by atoms with Crippen LogP contribution in [0.15, 0.2) is 12.7 Å². The van der Waals surface area contributed by atoms with Gasteiger partial charge in [0.15, 0.2) is 0 Å². The number of carbonyl (C=O) groups is 1. The maximum atomic E-state index is 12.9. The zero-order valence-corrected chi connectivity index (χ0v) is 8.16. The number of hydrogen-bond acceptors (Lipinski definition) is 3. The molecule has 1 saturated heterocycles. The molecule has 0 bridgehead atoms. The minimum absolute atomic E-state index is 0.0287. The first-order chi connectivity index (χ1) is 7.00. The minimum Gasteiger partial charge on any atom is -0.445 e. The summed E-state index contributed by atoms with van der Waals surface area (Å²) in [5.41, 5.74) is 0. The van der Waals surface area contributed by atoms with Gasteiger partial charge in [-0.2, -0.15) is 0 Å². The van der Waals surface area contributed by atoms with E-state index < -0.39 is 37.6 Å². The molecule has 1 fully saturated rings. The predicted molar refractivity (Wildman–Crippen MR) is 48.7 cm³/mol. The molecule has 1 aliphatic rings. The van der Waals surface area contributed by atoms with E-state index in [1.54, 1.807) is 0 Å². The lowest BCUT2D eigenvalue weighted by Gasteiger charge is -2.20. The van der Waals surface area contributed by atoms with Crippen molar-refractivity contribution in [2.75, 3.05) is 19.8 Å². The summed E-state index contributed by atoms with van der Waals surface area (Å²) in [6, 6.07) is -0.864. The molecule has 1 rings (SSSR count). The van der Waals surface area contributed by atoms with E-state index in [0.717, 1.165) is 4.90 Å². The Labute approximate surface area is 86.1 Å². The van der Waals surface area contributed by atoms with E-state index in [2.05, 4.69) is 11.3 Å². The molecule has 1 unspecified atom stereocenters. The number of aliphatic hydroxyl groups excluding tert-OH is 1. The van der Waals surface area contributed by atoms with Crippen molar-refractivity contribution in [1.29, 1.82) is 0 Å². The summed E-state index contributed by atoms with van der Waals surface area (Å²) in [7, 11) is 0. The molecule has 0 saturated carbocycles. The lowest BCUT2D eigenvalue weighted by atomic mass is 10.2. The summed E-state index contributed by atoms with van der Waals surface area (Å²) in [6.45, 7) is 2.12. The number of carbonyl (C=O) groups excluding carboxylic acids is 1. The van der Waals surface area contributed by atoms with Crippen molar-refractivity contribution >= 4 is 6.09 Å². The molecule has 1 N–H and O–H groups in total. The van der Waals surface area contributed by atoms with Gasteiger partial charge in [-0.25, -0.2) is 13.6 Å². The number of rotatable bonds is 3. The van der Waals surface area contributed by atoms with Gasteiger partial charge in [0.05, 0.1) is 19.2 Å². The SMILES string of the molecule is C=CCOC(=O)N1CC(F)(F)CC1CO. The number of alkyl halides is 2. The van der Waals surface area contributed by atoms with Gasteiger partial charge >= 0.3 is 6.09 Å². The molecule has 0 aromatic carbocycles. The second kappa shape index (κ2) is 4.57. The number of halogens is 2. The van der Waals surface area contributed by atoms with Crippen LogP contribution in [0.25, 0.3) is 0 Å². The van der Waals surface area contributed by atoms with E-state index >= 15 is 0 Å². The fourth-order valence-electron chi connectivity index (χ4n) is 1.49. The number of likely N-dealkylation sites (tertiary alicyclic amines) is 1. The standard InChI is InChI=1S/C9H13F2NO3/c1-2-3-15-8(14)12-6-9(10,11)4-7(12)5-13/h2,7,13H,1,3-6H2. The number of ether oxygens (including phenoxy) is 1. The van der Waals surface area contributed by atoms with Gasteiger partial charge in [0, 0.05) is 6.42 Å². The molecule has 1 amide bonds. The van der Waals surface area contributed by atoms with Gasteiger partial charge in [-0.05, 0) is 0 Å². The summed E-state index contributed by atoms with van der Waals surface area (Å²) in [4.78, 5) is 12.1. The number of amides is 1. The second-order valence-electron chi connectivity index (χ2n) is 3.39. The maximum Gasteiger partial charge on any atom is 0.410 e. The van der Waals surface area contributed by atoms with E-state index in [1.807, 2.05) is 0 Å². The quantitative estimate of drug-likeness (QED) is 0.723. The largest absolute Gasteiger partial charge is 0.445 e. The van der Waals surface area contributed by atoms with E-state index in [0.29, 0.717) is 0 Å². The summed E-state index contributed by atoms with van der Waals surface area (Å²) in [6.07, 6.45) is -0.0154. The zero-order chi connectivity index (χ0) is 11.5. The molecular weight excluding hydrogens is 208 g/mol. The Morgan fingerprint density at radius 3 is 2.93 bits per heavy atom. The fraction of sp³-hybridized carbons (Fsp3) is 0.667. The van der Waals surface area contributed by atoms with Crippen molar-refractivity contribution in [2.45, 2.75) is 18.4 Å². The van der Waals surface area contributed by atoms with E-state index in [4.69, 9.17) is 5.11 Å². The summed E-state index contributed by atoms with van der Waals surface area (Å²) in [5.74, 6) is -2.94. The summed E-state index contributed by atoms with van der Waals surface area (Å²) >= 11 is 0. The molecule has 0 aliphatic carbocycles. The predicted octanol–water partition coefficient (Wildman–Crippen LogP) is 1.01. The summed E-state index contributed by atoms with van der Waals surface area (Å²) in [5, 5.41) is 8.84. The summed E-state index contributed by atoms with van der Waals surface area (Å²) < 4.78 is 30.5. The topological polar surface area (TPSA) is 49.8 Å². The molecule has 15 heavy (non-hydrogen) atoms. The molecule has 6 heteroatoms. The molecule has 86 valence electrons. The van der Waals surface area contributed by atoms with Crippen molar-refractivity contribution < 1.29 is 23.4 Å². The molecule has 1 atom stereocenters. The fourth-order valence-corrected chi connectivity index (χ4v) is 1.49. The highest BCUT2D eigenvalue weighted by atomic mass is 19.3. The third-order valence-electron chi connectivity index (χ3n) is 2.15. The first-order valence-corrected chi connectivity index (χ1v) is 4.53. The van der Waals surface area contributed by atoms with Crippen LogP contribution in [-0.2, 0) is 4.74 Å². The highest BCUT2D eigenvalue weighted by Crippen LogP contribution is 2.32. The Morgan fingerprint density at radius 1 is 1.73 bits per heavy atom. The Morgan fingerprint density at radius 2 is 2.40 bits per heavy atom. The highest BCUT2D eigenvalue weighted by Gasteiger charge is 2.47. The van der Waals surface area contributed by atoms with Gasteiger partial charge in [-0.15, -0.1) is 0 Å². The average Bonchev–Trinajstić information content (AvgIpc) is 2.50. The van der Waals surface area contributed by atoms with Gasteiger partial charge in [-0.3, -0.25) is 4.90 Å². The van der Waals surface area contributed by atoms with Gasteiger partial charge in [-0.1, -0.05) is 12.7 Å². The van der Waals surface area contributed by atoms with Crippen LogP contribution in [0.4, 0.5) is 13.6 Å². The van der Waals surface area contributed by atoms with Gasteiger partial charge < -0.3 is 9.84 Å². The van der Waals surface area contributed by atoms with Crippen LogP contribution in [0.3, 0.4) is 0 Å². The smallest absolute Gasteiger partial charge is 0.410 e. The second-order valence-corrected chi connectivity index (χ2v) is 3.39. The molecular formula is C9H13F2NO3. The molecule has 0 aromatic heterocycles. The third kappa shape index (κ3) is 2.89. The molecule has 0 radical (unpaired) electrons. The first kappa shape index (κ1) is 11.9. The average molecular weight is 221 g/mol. The van der Waals surface area contributed by atoms with Crippen LogP contribution in [0, 0.1) is 0 Å². The van der Waals surface area contributed by atoms with Crippen molar-refractivity contribution in [3.05, 3.63) is 12.7 Å². The monoisotopic (exact) mass is 221 g/mol. The highest BCUT2D eigenvalue weighted by molar-refractivity contribution is 5.68. The van der Waals surface area contributed by atoms with Gasteiger partial charge in [0.1, 0.15) is 6.61 Å². The van der Waals surface area contributed by atoms with Crippen LogP contribution in [-0.4, -0.2) is 47.8 Å². The molecule has 1 heterocycles. The number of aliphatic hydroxyl groups is 1. The van der Waals surface area contributed by atoms with Gasteiger partial charge in [0.2, 0.25) is 0 Å². The molecule has 0 spiro atoms. The van der Waals surface area contributed by atoms with Crippen LogP contribution in [0.2, 0.25) is 0 Å². The maximum absolute atomic E-state index is 12.9. The van der Waals surface area contributed by atoms with Crippen molar-refractivity contribution in [3.63, 3.8) is 0 Å². The Hall–Kier alpha value is -1.17. The van der Waals surface area contributed by atoms with Crippen LogP contribution < -0.4 is 0 Å². The zero-order valence-electron chi connectivity index (χ0n) is 8.16. The lowest BCUT2D eigenvalue weighted by Crippen LogP contribution is -2.38. The van der Waals surface area contributed by atoms with Crippen LogP contribution in [0.5, 0.6) is 0 Å². The molecule has 1 aliphatic heterocycles. The minimum atomic E-state index is -2.94. The van der Waals surface area contributed by atoms with Gasteiger partial charge in [0.25, 0.3) is 5.92 Å². The van der Waals surface area contributed by atoms with E-state index in [1.165, 1.54) is 6.08 Å². The molecule has 4 nitrogen and oxygen atoms in total. The Kier molecular flexibility index (Phi) is 3.62. The number of hydrogen-bond donors (Lipinski definition) is 1. The first-order valence-electron chi connectivity index (χ1n) is 4.53. The Balaban J connectivity index is 2.59. The van der Waals surface area contributed by atoms with Crippen LogP contribution >= 0.6 is 0 Å². The Bertz CT molecular complexity index is 258. The van der Waals surface area contributed by atoms with Crippen molar-refractivity contribution in [1.82, 2.24) is 4.90 Å². The van der Waals surface area contributed by atoms with Crippen molar-refractivity contribution in [3.8, 4) is 0 Å². The number of nitrogens with zero attached hydrogens (tertiary/aromatic N) is 1. The lowest BCUT2D eigenvalue weighted by molar-refractivity contribution is 0.0110.